The summed E-state index contributed by atoms with van der Waals surface area (Å²) in [4.78, 5) is 0.346. The van der Waals surface area contributed by atoms with Crippen LogP contribution >= 0.6 is 0 Å². The van der Waals surface area contributed by atoms with Crippen molar-refractivity contribution in [1.29, 1.82) is 0 Å². The Morgan fingerprint density at radius 1 is 0.846 bits per heavy atom. The van der Waals surface area contributed by atoms with Crippen LogP contribution in [0.1, 0.15) is 43.9 Å². The SMILES string of the molecule is Cc1cc(C(C)(C)C)cc(C)c1S(=O)(=O)N1CCCN(S(C)(=O)=O)CC1. The van der Waals surface area contributed by atoms with Gasteiger partial charge in [-0.1, -0.05) is 32.9 Å². The van der Waals surface area contributed by atoms with Gasteiger partial charge in [0, 0.05) is 26.2 Å². The monoisotopic (exact) mass is 402 g/mol. The summed E-state index contributed by atoms with van der Waals surface area (Å²) < 4.78 is 52.8. The van der Waals surface area contributed by atoms with Crippen LogP contribution in [0, 0.1) is 13.8 Å². The molecular weight excluding hydrogens is 372 g/mol. The van der Waals surface area contributed by atoms with Crippen molar-refractivity contribution in [2.45, 2.75) is 51.3 Å². The summed E-state index contributed by atoms with van der Waals surface area (Å²) in [6, 6.07) is 3.89. The molecule has 1 aliphatic rings. The summed E-state index contributed by atoms with van der Waals surface area (Å²) in [5.41, 5.74) is 2.51. The Bertz CT molecular complexity index is 861. The van der Waals surface area contributed by atoms with E-state index in [1.807, 2.05) is 26.0 Å². The second kappa shape index (κ2) is 7.22. The molecule has 0 bridgehead atoms. The predicted molar refractivity (Wildman–Crippen MR) is 104 cm³/mol. The van der Waals surface area contributed by atoms with Crippen molar-refractivity contribution in [2.75, 3.05) is 32.4 Å². The van der Waals surface area contributed by atoms with Crippen LogP contribution in [-0.4, -0.2) is 57.9 Å². The van der Waals surface area contributed by atoms with Gasteiger partial charge in [0.05, 0.1) is 11.2 Å². The fraction of sp³-hybridized carbons (Fsp3) is 0.667. The zero-order valence-corrected chi connectivity index (χ0v) is 18.2. The van der Waals surface area contributed by atoms with Crippen LogP contribution in [0.2, 0.25) is 0 Å². The summed E-state index contributed by atoms with van der Waals surface area (Å²) >= 11 is 0. The van der Waals surface area contributed by atoms with Crippen LogP contribution < -0.4 is 0 Å². The topological polar surface area (TPSA) is 74.8 Å². The van der Waals surface area contributed by atoms with E-state index in [0.29, 0.717) is 24.4 Å². The van der Waals surface area contributed by atoms with Gasteiger partial charge >= 0.3 is 0 Å². The number of hydrogen-bond acceptors (Lipinski definition) is 4. The summed E-state index contributed by atoms with van der Waals surface area (Å²) in [7, 11) is -6.98. The van der Waals surface area contributed by atoms with Crippen molar-refractivity contribution in [1.82, 2.24) is 8.61 Å². The maximum absolute atomic E-state index is 13.3. The van der Waals surface area contributed by atoms with E-state index in [4.69, 9.17) is 0 Å². The third-order valence-corrected chi connectivity index (χ3v) is 8.32. The maximum Gasteiger partial charge on any atom is 0.243 e. The molecule has 0 spiro atoms. The first-order valence-corrected chi connectivity index (χ1v) is 12.1. The lowest BCUT2D eigenvalue weighted by Crippen LogP contribution is -2.37. The molecule has 1 heterocycles. The van der Waals surface area contributed by atoms with Crippen molar-refractivity contribution in [3.05, 3.63) is 28.8 Å². The van der Waals surface area contributed by atoms with Crippen LogP contribution in [0.5, 0.6) is 0 Å². The first kappa shape index (κ1) is 21.3. The molecule has 0 amide bonds. The third-order valence-electron chi connectivity index (χ3n) is 4.81. The molecule has 0 atom stereocenters. The molecule has 0 unspecified atom stereocenters. The number of benzene rings is 1. The van der Waals surface area contributed by atoms with E-state index in [9.17, 15) is 16.8 Å². The zero-order chi connectivity index (χ0) is 19.9. The van der Waals surface area contributed by atoms with Gasteiger partial charge in [-0.3, -0.25) is 0 Å². The van der Waals surface area contributed by atoms with Gasteiger partial charge in [0.1, 0.15) is 0 Å². The Kier molecular flexibility index (Phi) is 5.93. The highest BCUT2D eigenvalue weighted by Gasteiger charge is 2.32. The van der Waals surface area contributed by atoms with Gasteiger partial charge in [0.15, 0.2) is 0 Å². The second-order valence-corrected chi connectivity index (χ2v) is 12.0. The number of sulfonamides is 2. The van der Waals surface area contributed by atoms with Gasteiger partial charge in [-0.25, -0.2) is 21.1 Å². The normalized spacial score (nSPS) is 18.7. The average Bonchev–Trinajstić information content (AvgIpc) is 2.71. The minimum Gasteiger partial charge on any atom is -0.213 e. The van der Waals surface area contributed by atoms with E-state index in [0.717, 1.165) is 22.9 Å². The average molecular weight is 403 g/mol. The third kappa shape index (κ3) is 4.47. The lowest BCUT2D eigenvalue weighted by atomic mass is 9.85. The molecule has 6 nitrogen and oxygen atoms in total. The molecule has 2 rings (SSSR count). The Balaban J connectivity index is 2.39. The molecule has 0 aliphatic carbocycles. The molecule has 148 valence electrons. The fourth-order valence-electron chi connectivity index (χ4n) is 3.36. The Labute approximate surface area is 158 Å². The molecule has 0 aromatic heterocycles. The van der Waals surface area contributed by atoms with Crippen molar-refractivity contribution >= 4 is 20.0 Å². The first-order valence-electron chi connectivity index (χ1n) is 8.81. The van der Waals surface area contributed by atoms with Gasteiger partial charge in [-0.05, 0) is 42.4 Å². The number of aryl methyl sites for hydroxylation is 2. The lowest BCUT2D eigenvalue weighted by molar-refractivity contribution is 0.406. The van der Waals surface area contributed by atoms with Crippen LogP contribution in [0.15, 0.2) is 17.0 Å². The van der Waals surface area contributed by atoms with Crippen molar-refractivity contribution < 1.29 is 16.8 Å². The standard InChI is InChI=1S/C18H30N2O4S2/c1-14-12-16(18(3,4)5)13-15(2)17(14)26(23,24)20-9-7-8-19(10-11-20)25(6,21)22/h12-13H,7-11H2,1-6H3. The highest BCUT2D eigenvalue weighted by molar-refractivity contribution is 7.89. The van der Waals surface area contributed by atoms with E-state index >= 15 is 0 Å². The molecule has 26 heavy (non-hydrogen) atoms. The molecule has 1 aliphatic heterocycles. The number of nitrogens with zero attached hydrogens (tertiary/aromatic N) is 2. The van der Waals surface area contributed by atoms with Gasteiger partial charge in [0.25, 0.3) is 0 Å². The highest BCUT2D eigenvalue weighted by atomic mass is 32.2. The van der Waals surface area contributed by atoms with E-state index in [2.05, 4.69) is 20.8 Å². The minimum absolute atomic E-state index is 0.0591. The van der Waals surface area contributed by atoms with Crippen molar-refractivity contribution in [3.63, 3.8) is 0 Å². The van der Waals surface area contributed by atoms with Crippen LogP contribution in [0.3, 0.4) is 0 Å². The highest BCUT2D eigenvalue weighted by Crippen LogP contribution is 2.31. The molecule has 8 heteroatoms. The molecular formula is C18H30N2O4S2. The van der Waals surface area contributed by atoms with Gasteiger partial charge in [0.2, 0.25) is 20.0 Å². The maximum atomic E-state index is 13.3. The molecule has 0 saturated carbocycles. The molecule has 1 saturated heterocycles. The fourth-order valence-corrected chi connectivity index (χ4v) is 6.12. The van der Waals surface area contributed by atoms with Crippen LogP contribution in [-0.2, 0) is 25.5 Å². The molecule has 1 aromatic carbocycles. The zero-order valence-electron chi connectivity index (χ0n) is 16.5. The molecule has 0 N–H and O–H groups in total. The lowest BCUT2D eigenvalue weighted by Gasteiger charge is -2.25. The second-order valence-electron chi connectivity index (χ2n) is 8.11. The smallest absolute Gasteiger partial charge is 0.213 e. The van der Waals surface area contributed by atoms with E-state index in [1.165, 1.54) is 8.61 Å². The molecule has 1 fully saturated rings. The quantitative estimate of drug-likeness (QED) is 0.777. The predicted octanol–water partition coefficient (Wildman–Crippen LogP) is 2.26. The van der Waals surface area contributed by atoms with Crippen molar-refractivity contribution in [3.8, 4) is 0 Å². The van der Waals surface area contributed by atoms with E-state index in [-0.39, 0.29) is 18.5 Å². The first-order chi connectivity index (χ1) is 11.7. The van der Waals surface area contributed by atoms with E-state index in [1.54, 1.807) is 0 Å². The van der Waals surface area contributed by atoms with Crippen LogP contribution in [0.25, 0.3) is 0 Å². The van der Waals surface area contributed by atoms with Gasteiger partial charge < -0.3 is 0 Å². The largest absolute Gasteiger partial charge is 0.243 e. The summed E-state index contributed by atoms with van der Waals surface area (Å²) in [6.07, 6.45) is 1.65. The Morgan fingerprint density at radius 2 is 1.31 bits per heavy atom. The number of hydrogen-bond donors (Lipinski definition) is 0. The molecule has 0 radical (unpaired) electrons. The van der Waals surface area contributed by atoms with Gasteiger partial charge in [-0.2, -0.15) is 4.31 Å². The Hall–Kier alpha value is -0.960. The summed E-state index contributed by atoms with van der Waals surface area (Å²) in [5, 5.41) is 0. The Morgan fingerprint density at radius 3 is 1.77 bits per heavy atom. The number of rotatable bonds is 3. The van der Waals surface area contributed by atoms with E-state index < -0.39 is 20.0 Å². The van der Waals surface area contributed by atoms with Crippen molar-refractivity contribution in [2.24, 2.45) is 0 Å². The minimum atomic E-state index is -3.67. The molecule has 1 aromatic rings. The summed E-state index contributed by atoms with van der Waals surface area (Å²) in [5.74, 6) is 0. The van der Waals surface area contributed by atoms with Crippen LogP contribution in [0.4, 0.5) is 0 Å². The summed E-state index contributed by atoms with van der Waals surface area (Å²) in [6.45, 7) is 11.0. The van der Waals surface area contributed by atoms with Gasteiger partial charge in [-0.15, -0.1) is 0 Å².